The third kappa shape index (κ3) is 7.16. The molecule has 1 atom stereocenters. The Balaban J connectivity index is 1.43. The van der Waals surface area contributed by atoms with Gasteiger partial charge >= 0.3 is 0 Å². The van der Waals surface area contributed by atoms with Crippen molar-refractivity contribution in [2.75, 3.05) is 53.6 Å². The molecule has 2 heterocycles. The molecule has 2 amide bonds. The molecule has 4 rings (SSSR count). The summed E-state index contributed by atoms with van der Waals surface area (Å²) in [5.41, 5.74) is 0.111. The van der Waals surface area contributed by atoms with E-state index in [1.54, 1.807) is 14.2 Å². The third-order valence-electron chi connectivity index (χ3n) is 7.10. The van der Waals surface area contributed by atoms with E-state index in [4.69, 9.17) is 18.9 Å². The summed E-state index contributed by atoms with van der Waals surface area (Å²) < 4.78 is 23.0. The minimum absolute atomic E-state index is 0.0348. The van der Waals surface area contributed by atoms with Crippen molar-refractivity contribution in [2.24, 2.45) is 0 Å². The highest BCUT2D eigenvalue weighted by atomic mass is 16.5. The second kappa shape index (κ2) is 12.8. The zero-order valence-corrected chi connectivity index (χ0v) is 21.9. The number of nitrogens with zero attached hydrogens (tertiary/aromatic N) is 2. The van der Waals surface area contributed by atoms with Crippen molar-refractivity contribution in [1.29, 1.82) is 0 Å². The van der Waals surface area contributed by atoms with Crippen LogP contribution in [0, 0.1) is 0 Å². The van der Waals surface area contributed by atoms with Gasteiger partial charge in [0.15, 0.2) is 11.5 Å². The van der Waals surface area contributed by atoms with Gasteiger partial charge < -0.3 is 28.7 Å². The largest absolute Gasteiger partial charge is 0.493 e. The average Bonchev–Trinajstić information content (AvgIpc) is 2.95. The van der Waals surface area contributed by atoms with Crippen molar-refractivity contribution in [3.63, 3.8) is 0 Å². The number of amides is 2. The highest BCUT2D eigenvalue weighted by molar-refractivity contribution is 5.79. The van der Waals surface area contributed by atoms with E-state index in [-0.39, 0.29) is 24.8 Å². The Morgan fingerprint density at radius 2 is 1.65 bits per heavy atom. The van der Waals surface area contributed by atoms with Crippen molar-refractivity contribution in [3.8, 4) is 17.2 Å². The lowest BCUT2D eigenvalue weighted by atomic mass is 9.95. The van der Waals surface area contributed by atoms with E-state index in [0.717, 1.165) is 37.9 Å². The van der Waals surface area contributed by atoms with Gasteiger partial charge in [0.2, 0.25) is 11.8 Å². The van der Waals surface area contributed by atoms with Crippen LogP contribution in [-0.4, -0.2) is 80.8 Å². The summed E-state index contributed by atoms with van der Waals surface area (Å²) in [6.45, 7) is 2.95. The summed E-state index contributed by atoms with van der Waals surface area (Å²) in [7, 11) is 3.20. The first kappa shape index (κ1) is 26.8. The molecule has 1 unspecified atom stereocenters. The van der Waals surface area contributed by atoms with Crippen LogP contribution in [-0.2, 0) is 20.7 Å². The van der Waals surface area contributed by atoms with E-state index in [9.17, 15) is 9.59 Å². The van der Waals surface area contributed by atoms with Crippen LogP contribution in [0.5, 0.6) is 17.2 Å². The van der Waals surface area contributed by atoms with Crippen molar-refractivity contribution in [1.82, 2.24) is 9.80 Å². The van der Waals surface area contributed by atoms with Gasteiger partial charge in [-0.25, -0.2) is 0 Å². The molecule has 2 fully saturated rings. The first-order chi connectivity index (χ1) is 18.0. The van der Waals surface area contributed by atoms with Crippen LogP contribution in [0.15, 0.2) is 48.5 Å². The predicted molar refractivity (Wildman–Crippen MR) is 140 cm³/mol. The van der Waals surface area contributed by atoms with Crippen LogP contribution in [0.2, 0.25) is 0 Å². The average molecular weight is 511 g/mol. The number of benzene rings is 2. The minimum atomic E-state index is -0.887. The van der Waals surface area contributed by atoms with Crippen LogP contribution in [0.4, 0.5) is 0 Å². The lowest BCUT2D eigenvalue weighted by Crippen LogP contribution is -2.58. The molecule has 0 aromatic heterocycles. The Morgan fingerprint density at radius 3 is 2.38 bits per heavy atom. The summed E-state index contributed by atoms with van der Waals surface area (Å²) in [6, 6.07) is 15.2. The summed E-state index contributed by atoms with van der Waals surface area (Å²) in [5, 5.41) is 0. The molecular formula is C29H38N2O6. The second-order valence-corrected chi connectivity index (χ2v) is 9.76. The van der Waals surface area contributed by atoms with E-state index < -0.39 is 5.60 Å². The number of para-hydroxylation sites is 1. The number of piperidine rings is 1. The monoisotopic (exact) mass is 510 g/mol. The lowest BCUT2D eigenvalue weighted by molar-refractivity contribution is -0.166. The fraction of sp³-hybridized carbons (Fsp3) is 0.517. The molecule has 0 spiro atoms. The van der Waals surface area contributed by atoms with Gasteiger partial charge in [-0.2, -0.15) is 0 Å². The molecule has 0 saturated carbocycles. The van der Waals surface area contributed by atoms with Gasteiger partial charge in [-0.15, -0.1) is 0 Å². The van der Waals surface area contributed by atoms with Crippen LogP contribution in [0.1, 0.15) is 37.7 Å². The third-order valence-corrected chi connectivity index (χ3v) is 7.10. The number of hydrogen-bond acceptors (Lipinski definition) is 6. The summed E-state index contributed by atoms with van der Waals surface area (Å²) in [4.78, 5) is 30.3. The van der Waals surface area contributed by atoms with Crippen LogP contribution in [0.25, 0.3) is 0 Å². The molecule has 200 valence electrons. The molecule has 0 N–H and O–H groups in total. The Labute approximate surface area is 219 Å². The topological polar surface area (TPSA) is 77.5 Å². The van der Waals surface area contributed by atoms with Crippen LogP contribution >= 0.6 is 0 Å². The number of rotatable bonds is 10. The maximum Gasteiger partial charge on any atom is 0.225 e. The molecule has 2 saturated heterocycles. The van der Waals surface area contributed by atoms with E-state index >= 15 is 0 Å². The quantitative estimate of drug-likeness (QED) is 0.485. The number of likely N-dealkylation sites (tertiary alicyclic amines) is 1. The standard InChI is InChI=1S/C29H38N2O6/c1-34-25-13-11-23(19-26(25)35-2)12-14-27(32)31-17-18-37-29(21-31,22-36-24-9-5-3-6-10-24)20-28(33)30-15-7-4-8-16-30/h3,5-6,9-11,13,19H,4,7-8,12,14-18,20-22H2,1-2H3. The predicted octanol–water partition coefficient (Wildman–Crippen LogP) is 3.72. The molecule has 0 radical (unpaired) electrons. The zero-order valence-electron chi connectivity index (χ0n) is 21.9. The smallest absolute Gasteiger partial charge is 0.225 e. The number of hydrogen-bond donors (Lipinski definition) is 0. The number of morpholine rings is 1. The van der Waals surface area contributed by atoms with E-state index in [0.29, 0.717) is 49.8 Å². The first-order valence-electron chi connectivity index (χ1n) is 13.1. The van der Waals surface area contributed by atoms with Gasteiger partial charge in [-0.3, -0.25) is 9.59 Å². The molecular weight excluding hydrogens is 472 g/mol. The Bertz CT molecular complexity index is 1040. The van der Waals surface area contributed by atoms with Crippen LogP contribution < -0.4 is 14.2 Å². The van der Waals surface area contributed by atoms with Gasteiger partial charge in [-0.1, -0.05) is 24.3 Å². The number of carbonyl (C=O) groups excluding carboxylic acids is 2. The maximum absolute atomic E-state index is 13.3. The highest BCUT2D eigenvalue weighted by Crippen LogP contribution is 2.29. The molecule has 2 aliphatic heterocycles. The van der Waals surface area contributed by atoms with E-state index in [2.05, 4.69) is 0 Å². The van der Waals surface area contributed by atoms with Crippen molar-refractivity contribution in [3.05, 3.63) is 54.1 Å². The molecule has 37 heavy (non-hydrogen) atoms. The molecule has 8 nitrogen and oxygen atoms in total. The maximum atomic E-state index is 13.3. The Kier molecular flexibility index (Phi) is 9.28. The first-order valence-corrected chi connectivity index (χ1v) is 13.1. The number of ether oxygens (including phenoxy) is 4. The summed E-state index contributed by atoms with van der Waals surface area (Å²) in [5.74, 6) is 2.12. The fourth-order valence-corrected chi connectivity index (χ4v) is 5.01. The van der Waals surface area contributed by atoms with Gasteiger partial charge in [0, 0.05) is 26.1 Å². The molecule has 2 aliphatic rings. The van der Waals surface area contributed by atoms with E-state index in [1.165, 1.54) is 0 Å². The van der Waals surface area contributed by atoms with Gasteiger partial charge in [0.25, 0.3) is 0 Å². The summed E-state index contributed by atoms with van der Waals surface area (Å²) in [6.07, 6.45) is 4.34. The van der Waals surface area contributed by atoms with Crippen molar-refractivity contribution >= 4 is 11.8 Å². The Morgan fingerprint density at radius 1 is 0.892 bits per heavy atom. The highest BCUT2D eigenvalue weighted by Gasteiger charge is 2.42. The number of carbonyl (C=O) groups is 2. The zero-order chi connectivity index (χ0) is 26.1. The molecule has 0 aliphatic carbocycles. The number of methoxy groups -OCH3 is 2. The minimum Gasteiger partial charge on any atom is -0.493 e. The molecule has 8 heteroatoms. The van der Waals surface area contributed by atoms with Gasteiger partial charge in [0.1, 0.15) is 18.0 Å². The molecule has 2 aromatic carbocycles. The SMILES string of the molecule is COc1ccc(CCC(=O)N2CCOC(COc3ccccc3)(CC(=O)N3CCCCC3)C2)cc1OC. The van der Waals surface area contributed by atoms with Gasteiger partial charge in [-0.05, 0) is 55.5 Å². The Hall–Kier alpha value is -3.26. The lowest BCUT2D eigenvalue weighted by Gasteiger charge is -2.43. The number of aryl methyl sites for hydroxylation is 1. The van der Waals surface area contributed by atoms with Crippen LogP contribution in [0.3, 0.4) is 0 Å². The molecule has 2 aromatic rings. The fourth-order valence-electron chi connectivity index (χ4n) is 5.01. The van der Waals surface area contributed by atoms with E-state index in [1.807, 2.05) is 58.3 Å². The molecule has 0 bridgehead atoms. The summed E-state index contributed by atoms with van der Waals surface area (Å²) >= 11 is 0. The van der Waals surface area contributed by atoms with Gasteiger partial charge in [0.05, 0.1) is 33.8 Å². The second-order valence-electron chi connectivity index (χ2n) is 9.76. The van der Waals surface area contributed by atoms with Crippen molar-refractivity contribution in [2.45, 2.75) is 44.1 Å². The van der Waals surface area contributed by atoms with Crippen molar-refractivity contribution < 1.29 is 28.5 Å². The normalized spacial score (nSPS) is 19.8.